The van der Waals surface area contributed by atoms with E-state index in [9.17, 15) is 4.79 Å². The van der Waals surface area contributed by atoms with Gasteiger partial charge in [0.05, 0.1) is 16.9 Å². The van der Waals surface area contributed by atoms with Crippen molar-refractivity contribution in [3.05, 3.63) is 52.2 Å². The summed E-state index contributed by atoms with van der Waals surface area (Å²) in [5.41, 5.74) is 2.34. The van der Waals surface area contributed by atoms with Crippen LogP contribution in [0.1, 0.15) is 5.56 Å². The number of aromatic amines is 1. The van der Waals surface area contributed by atoms with Crippen molar-refractivity contribution in [3.8, 4) is 16.3 Å². The van der Waals surface area contributed by atoms with E-state index in [0.717, 1.165) is 16.3 Å². The number of thiophene rings is 1. The van der Waals surface area contributed by atoms with Gasteiger partial charge in [-0.2, -0.15) is 5.10 Å². The van der Waals surface area contributed by atoms with Crippen molar-refractivity contribution in [1.82, 2.24) is 19.7 Å². The molecule has 18 heavy (non-hydrogen) atoms. The van der Waals surface area contributed by atoms with Gasteiger partial charge in [0, 0.05) is 23.3 Å². The molecule has 0 amide bonds. The molecule has 0 aromatic carbocycles. The average Bonchev–Trinajstić information content (AvgIpc) is 3.01. The van der Waals surface area contributed by atoms with E-state index in [4.69, 9.17) is 0 Å². The molecule has 0 bridgehead atoms. The molecule has 0 aliphatic heterocycles. The normalized spacial score (nSPS) is 10.7. The van der Waals surface area contributed by atoms with Crippen LogP contribution in [0.25, 0.3) is 16.3 Å². The average molecular weight is 258 g/mol. The minimum atomic E-state index is -0.148. The SMILES string of the molecule is Cc1cc(-c2cc(-n3ccnc3)cs2)n[nH]c1=O. The Bertz CT molecular complexity index is 727. The molecule has 0 radical (unpaired) electrons. The van der Waals surface area contributed by atoms with E-state index in [1.807, 2.05) is 22.2 Å². The van der Waals surface area contributed by atoms with Crippen LogP contribution in [0, 0.1) is 6.92 Å². The van der Waals surface area contributed by atoms with E-state index < -0.39 is 0 Å². The molecule has 0 fully saturated rings. The van der Waals surface area contributed by atoms with E-state index >= 15 is 0 Å². The van der Waals surface area contributed by atoms with E-state index in [1.54, 1.807) is 36.9 Å². The third-order valence-corrected chi connectivity index (χ3v) is 3.57. The molecular weight excluding hydrogens is 248 g/mol. The number of rotatable bonds is 2. The number of nitrogens with one attached hydrogen (secondary N) is 1. The largest absolute Gasteiger partial charge is 0.305 e. The maximum Gasteiger partial charge on any atom is 0.267 e. The zero-order valence-corrected chi connectivity index (χ0v) is 10.4. The second-order valence-corrected chi connectivity index (χ2v) is 4.82. The summed E-state index contributed by atoms with van der Waals surface area (Å²) >= 11 is 1.58. The minimum Gasteiger partial charge on any atom is -0.305 e. The number of aromatic nitrogens is 4. The lowest BCUT2D eigenvalue weighted by molar-refractivity contribution is 0.977. The maximum absolute atomic E-state index is 11.3. The number of hydrogen-bond acceptors (Lipinski definition) is 4. The van der Waals surface area contributed by atoms with Crippen LogP contribution < -0.4 is 5.56 Å². The predicted octanol–water partition coefficient (Wildman–Crippen LogP) is 1.99. The van der Waals surface area contributed by atoms with Crippen LogP contribution in [0.2, 0.25) is 0 Å². The zero-order valence-electron chi connectivity index (χ0n) is 9.62. The third kappa shape index (κ3) is 1.86. The Morgan fingerprint density at radius 2 is 2.28 bits per heavy atom. The van der Waals surface area contributed by atoms with Crippen LogP contribution in [0.5, 0.6) is 0 Å². The molecule has 0 saturated carbocycles. The minimum absolute atomic E-state index is 0.148. The lowest BCUT2D eigenvalue weighted by Gasteiger charge is -1.97. The molecule has 1 N–H and O–H groups in total. The number of imidazole rings is 1. The Balaban J connectivity index is 2.03. The summed E-state index contributed by atoms with van der Waals surface area (Å²) in [6.07, 6.45) is 5.37. The second-order valence-electron chi connectivity index (χ2n) is 3.90. The van der Waals surface area contributed by atoms with Gasteiger partial charge >= 0.3 is 0 Å². The summed E-state index contributed by atoms with van der Waals surface area (Å²) < 4.78 is 1.93. The Hall–Kier alpha value is -2.21. The van der Waals surface area contributed by atoms with E-state index in [2.05, 4.69) is 15.2 Å². The quantitative estimate of drug-likeness (QED) is 0.764. The topological polar surface area (TPSA) is 63.6 Å². The highest BCUT2D eigenvalue weighted by molar-refractivity contribution is 7.13. The third-order valence-electron chi connectivity index (χ3n) is 2.63. The van der Waals surface area contributed by atoms with Gasteiger partial charge in [0.15, 0.2) is 0 Å². The Morgan fingerprint density at radius 3 is 3.00 bits per heavy atom. The van der Waals surface area contributed by atoms with Crippen molar-refractivity contribution < 1.29 is 0 Å². The van der Waals surface area contributed by atoms with Crippen molar-refractivity contribution >= 4 is 11.3 Å². The van der Waals surface area contributed by atoms with Gasteiger partial charge in [-0.3, -0.25) is 4.79 Å². The van der Waals surface area contributed by atoms with Crippen molar-refractivity contribution in [2.24, 2.45) is 0 Å². The molecule has 0 aliphatic rings. The highest BCUT2D eigenvalue weighted by Crippen LogP contribution is 2.27. The molecule has 3 aromatic heterocycles. The van der Waals surface area contributed by atoms with Gasteiger partial charge in [0.2, 0.25) is 0 Å². The summed E-state index contributed by atoms with van der Waals surface area (Å²) in [6.45, 7) is 1.77. The number of hydrogen-bond donors (Lipinski definition) is 1. The van der Waals surface area contributed by atoms with E-state index in [-0.39, 0.29) is 5.56 Å². The van der Waals surface area contributed by atoms with Gasteiger partial charge in [-0.05, 0) is 19.1 Å². The zero-order chi connectivity index (χ0) is 12.5. The fraction of sp³-hybridized carbons (Fsp3) is 0.0833. The number of aryl methyl sites for hydroxylation is 1. The molecule has 3 aromatic rings. The standard InChI is InChI=1S/C12H10N4OS/c1-8-4-10(14-15-12(8)17)11-5-9(6-18-11)16-3-2-13-7-16/h2-7H,1H3,(H,15,17). The Kier molecular flexibility index (Phi) is 2.56. The van der Waals surface area contributed by atoms with Crippen molar-refractivity contribution in [2.45, 2.75) is 6.92 Å². The molecule has 0 unspecified atom stereocenters. The van der Waals surface area contributed by atoms with Gasteiger partial charge in [-0.25, -0.2) is 10.1 Å². The smallest absolute Gasteiger partial charge is 0.267 e. The van der Waals surface area contributed by atoms with Crippen LogP contribution in [-0.4, -0.2) is 19.7 Å². The van der Waals surface area contributed by atoms with Crippen LogP contribution >= 0.6 is 11.3 Å². The van der Waals surface area contributed by atoms with Gasteiger partial charge in [0.25, 0.3) is 5.56 Å². The molecule has 3 rings (SSSR count). The fourth-order valence-electron chi connectivity index (χ4n) is 1.64. The van der Waals surface area contributed by atoms with Crippen molar-refractivity contribution in [1.29, 1.82) is 0 Å². The molecule has 0 aliphatic carbocycles. The predicted molar refractivity (Wildman–Crippen MR) is 70.0 cm³/mol. The first-order valence-electron chi connectivity index (χ1n) is 5.37. The van der Waals surface area contributed by atoms with E-state index in [0.29, 0.717) is 5.56 Å². The maximum atomic E-state index is 11.3. The molecule has 6 heteroatoms. The lowest BCUT2D eigenvalue weighted by Crippen LogP contribution is -2.10. The van der Waals surface area contributed by atoms with Gasteiger partial charge in [-0.1, -0.05) is 0 Å². The first kappa shape index (κ1) is 10.9. The molecule has 3 heterocycles. The summed E-state index contributed by atoms with van der Waals surface area (Å²) in [7, 11) is 0. The highest BCUT2D eigenvalue weighted by Gasteiger charge is 2.06. The first-order valence-corrected chi connectivity index (χ1v) is 6.25. The highest BCUT2D eigenvalue weighted by atomic mass is 32.1. The van der Waals surface area contributed by atoms with Crippen LogP contribution in [-0.2, 0) is 0 Å². The molecule has 0 saturated heterocycles. The summed E-state index contributed by atoms with van der Waals surface area (Å²) in [5, 5.41) is 8.57. The van der Waals surface area contributed by atoms with Crippen molar-refractivity contribution in [2.75, 3.05) is 0 Å². The van der Waals surface area contributed by atoms with Gasteiger partial charge in [-0.15, -0.1) is 11.3 Å². The molecule has 90 valence electrons. The molecular formula is C12H10N4OS. The Morgan fingerprint density at radius 1 is 1.39 bits per heavy atom. The lowest BCUT2D eigenvalue weighted by atomic mass is 10.2. The van der Waals surface area contributed by atoms with Crippen LogP contribution in [0.15, 0.2) is 41.0 Å². The van der Waals surface area contributed by atoms with Gasteiger partial charge in [0.1, 0.15) is 5.69 Å². The van der Waals surface area contributed by atoms with Crippen LogP contribution in [0.4, 0.5) is 0 Å². The number of H-pyrrole nitrogens is 1. The molecule has 0 spiro atoms. The molecule has 5 nitrogen and oxygen atoms in total. The van der Waals surface area contributed by atoms with Gasteiger partial charge < -0.3 is 4.57 Å². The monoisotopic (exact) mass is 258 g/mol. The number of nitrogens with zero attached hydrogens (tertiary/aromatic N) is 3. The summed E-state index contributed by atoms with van der Waals surface area (Å²) in [5.74, 6) is 0. The van der Waals surface area contributed by atoms with Crippen LogP contribution in [0.3, 0.4) is 0 Å². The fourth-order valence-corrected chi connectivity index (χ4v) is 2.49. The first-order chi connectivity index (χ1) is 8.74. The Labute approximate surface area is 107 Å². The second kappa shape index (κ2) is 4.23. The summed E-state index contributed by atoms with van der Waals surface area (Å²) in [6, 6.07) is 3.81. The molecule has 0 atom stereocenters. The summed E-state index contributed by atoms with van der Waals surface area (Å²) in [4.78, 5) is 16.3. The van der Waals surface area contributed by atoms with E-state index in [1.165, 1.54) is 0 Å². The van der Waals surface area contributed by atoms with Crippen molar-refractivity contribution in [3.63, 3.8) is 0 Å².